The van der Waals surface area contributed by atoms with Crippen LogP contribution in [0.25, 0.3) is 33.5 Å². The Bertz CT molecular complexity index is 1730. The van der Waals surface area contributed by atoms with Gasteiger partial charge in [-0.3, -0.25) is 9.48 Å². The monoisotopic (exact) mass is 599 g/mol. The highest BCUT2D eigenvalue weighted by Gasteiger charge is 2.44. The molecule has 12 heteroatoms. The van der Waals surface area contributed by atoms with Gasteiger partial charge in [-0.25, -0.2) is 19.3 Å². The summed E-state index contributed by atoms with van der Waals surface area (Å²) in [6.07, 6.45) is 10.0. The second-order valence-electron chi connectivity index (χ2n) is 12.4. The molecule has 3 aliphatic heterocycles. The van der Waals surface area contributed by atoms with Gasteiger partial charge in [0.05, 0.1) is 37.3 Å². The number of piperidine rings is 1. The first-order valence-electron chi connectivity index (χ1n) is 15.3. The third kappa shape index (κ3) is 5.01. The molecule has 4 aromatic rings. The zero-order valence-electron chi connectivity index (χ0n) is 25.3. The van der Waals surface area contributed by atoms with E-state index >= 15 is 0 Å². The number of esters is 1. The number of hydrogen-bond donors (Lipinski definition) is 1. The van der Waals surface area contributed by atoms with Crippen molar-refractivity contribution in [3.63, 3.8) is 0 Å². The van der Waals surface area contributed by atoms with Crippen LogP contribution in [-0.4, -0.2) is 92.3 Å². The number of carbonyl (C=O) groups is 2. The van der Waals surface area contributed by atoms with Crippen LogP contribution in [0.4, 0.5) is 10.5 Å². The van der Waals surface area contributed by atoms with E-state index in [2.05, 4.69) is 46.0 Å². The minimum Gasteiger partial charge on any atom is -0.464 e. The number of nitrogens with zero attached hydrogens (tertiary/aromatic N) is 7. The maximum Gasteiger partial charge on any atom is 0.417 e. The zero-order valence-corrected chi connectivity index (χ0v) is 25.3. The summed E-state index contributed by atoms with van der Waals surface area (Å²) in [5.74, 6) is -0.364. The molecule has 0 saturated carbocycles. The summed E-state index contributed by atoms with van der Waals surface area (Å²) >= 11 is 0. The summed E-state index contributed by atoms with van der Waals surface area (Å²) in [4.78, 5) is 38.6. The van der Waals surface area contributed by atoms with Crippen LogP contribution in [0, 0.1) is 0 Å². The van der Waals surface area contributed by atoms with Gasteiger partial charge in [-0.05, 0) is 70.9 Å². The quantitative estimate of drug-likeness (QED) is 0.316. The molecule has 3 aromatic heterocycles. The van der Waals surface area contributed by atoms with Crippen molar-refractivity contribution < 1.29 is 24.2 Å². The van der Waals surface area contributed by atoms with E-state index in [0.29, 0.717) is 28.9 Å². The average molecular weight is 600 g/mol. The van der Waals surface area contributed by atoms with Gasteiger partial charge in [-0.2, -0.15) is 5.10 Å². The van der Waals surface area contributed by atoms with Crippen LogP contribution < -0.4 is 4.90 Å². The van der Waals surface area contributed by atoms with Gasteiger partial charge in [0.2, 0.25) is 0 Å². The molecule has 7 rings (SSSR count). The fourth-order valence-electron chi connectivity index (χ4n) is 6.78. The number of benzene rings is 1. The molecule has 0 radical (unpaired) electrons. The number of likely N-dealkylation sites (tertiary alicyclic amines) is 1. The Morgan fingerprint density at radius 2 is 1.84 bits per heavy atom. The lowest BCUT2D eigenvalue weighted by Gasteiger charge is -2.41. The topological polar surface area (TPSA) is 128 Å². The highest BCUT2D eigenvalue weighted by atomic mass is 16.6. The molecule has 1 aromatic carbocycles. The van der Waals surface area contributed by atoms with Crippen molar-refractivity contribution in [1.29, 1.82) is 0 Å². The fraction of sp³-hybridized carbons (Fsp3) is 0.469. The summed E-state index contributed by atoms with van der Waals surface area (Å²) < 4.78 is 14.5. The molecule has 1 N–H and O–H groups in total. The summed E-state index contributed by atoms with van der Waals surface area (Å²) in [6.45, 7) is 7.14. The molecule has 0 amide bonds. The zero-order chi connectivity index (χ0) is 30.6. The predicted molar refractivity (Wildman–Crippen MR) is 164 cm³/mol. The number of carboxylic acid groups (broad SMARTS) is 1. The number of aromatic nitrogens is 5. The van der Waals surface area contributed by atoms with Crippen molar-refractivity contribution in [2.75, 3.05) is 44.8 Å². The van der Waals surface area contributed by atoms with Crippen molar-refractivity contribution in [1.82, 2.24) is 29.2 Å². The molecule has 12 nitrogen and oxygen atoms in total. The third-order valence-corrected chi connectivity index (χ3v) is 9.31. The first-order chi connectivity index (χ1) is 21.2. The first kappa shape index (κ1) is 28.5. The van der Waals surface area contributed by atoms with Crippen LogP contribution in [0.2, 0.25) is 0 Å². The molecular weight excluding hydrogens is 562 g/mol. The normalized spacial score (nSPS) is 20.6. The molecule has 44 heavy (non-hydrogen) atoms. The number of carbonyl (C=O) groups excluding carboxylic acids is 1. The van der Waals surface area contributed by atoms with E-state index in [1.807, 2.05) is 16.9 Å². The first-order valence-corrected chi connectivity index (χ1v) is 15.3. The molecule has 1 atom stereocenters. The predicted octanol–water partition coefficient (Wildman–Crippen LogP) is 4.53. The van der Waals surface area contributed by atoms with Crippen molar-refractivity contribution in [3.8, 4) is 22.4 Å². The highest BCUT2D eigenvalue weighted by Crippen LogP contribution is 2.40. The van der Waals surface area contributed by atoms with Gasteiger partial charge in [-0.1, -0.05) is 0 Å². The number of hydrogen-bond acceptors (Lipinski definition) is 9. The number of ether oxygens (including phenoxy) is 2. The van der Waals surface area contributed by atoms with Gasteiger partial charge in [0.15, 0.2) is 11.2 Å². The van der Waals surface area contributed by atoms with Crippen LogP contribution in [0.3, 0.4) is 0 Å². The second-order valence-corrected chi connectivity index (χ2v) is 12.4. The van der Waals surface area contributed by atoms with E-state index in [-0.39, 0.29) is 24.8 Å². The Kier molecular flexibility index (Phi) is 7.13. The smallest absolute Gasteiger partial charge is 0.417 e. The Hall–Kier alpha value is -4.29. The molecule has 3 saturated heterocycles. The molecule has 0 spiro atoms. The summed E-state index contributed by atoms with van der Waals surface area (Å²) in [6, 6.07) is 6.83. The SMILES string of the molecule is CC(=O)OC1(c2cc(-c3cnc4c(n3)c(-c3cnn(C5CCN(C)CC5)c3)cn4C(=O)O)cc(N3CCC[C@H]3C)c2)COC1. The Balaban J connectivity index is 1.33. The van der Waals surface area contributed by atoms with Crippen molar-refractivity contribution in [2.24, 2.45) is 0 Å². The lowest BCUT2D eigenvalue weighted by atomic mass is 9.89. The second kappa shape index (κ2) is 11.0. The third-order valence-electron chi connectivity index (χ3n) is 9.31. The van der Waals surface area contributed by atoms with Crippen LogP contribution >= 0.6 is 0 Å². The van der Waals surface area contributed by atoms with Crippen LogP contribution in [0.1, 0.15) is 51.1 Å². The maximum absolute atomic E-state index is 12.2. The molecular formula is C32H37N7O5. The Morgan fingerprint density at radius 3 is 2.50 bits per heavy atom. The van der Waals surface area contributed by atoms with Crippen LogP contribution in [-0.2, 0) is 19.9 Å². The summed E-state index contributed by atoms with van der Waals surface area (Å²) in [5.41, 5.74) is 4.59. The van der Waals surface area contributed by atoms with Crippen molar-refractivity contribution in [3.05, 3.63) is 48.5 Å². The van der Waals surface area contributed by atoms with E-state index in [1.54, 1.807) is 18.6 Å². The van der Waals surface area contributed by atoms with E-state index in [1.165, 1.54) is 6.92 Å². The Labute approximate surface area is 255 Å². The van der Waals surface area contributed by atoms with Gasteiger partial charge in [0.1, 0.15) is 5.52 Å². The van der Waals surface area contributed by atoms with Gasteiger partial charge in [-0.15, -0.1) is 0 Å². The van der Waals surface area contributed by atoms with Crippen LogP contribution in [0.5, 0.6) is 0 Å². The van der Waals surface area contributed by atoms with Gasteiger partial charge >= 0.3 is 12.1 Å². The van der Waals surface area contributed by atoms with Crippen molar-refractivity contribution in [2.45, 2.75) is 57.2 Å². The number of rotatable bonds is 6. The molecule has 3 fully saturated rings. The van der Waals surface area contributed by atoms with Crippen molar-refractivity contribution >= 4 is 28.9 Å². The number of fused-ring (bicyclic) bond motifs is 1. The molecule has 230 valence electrons. The lowest BCUT2D eigenvalue weighted by Crippen LogP contribution is -2.50. The Morgan fingerprint density at radius 1 is 1.05 bits per heavy atom. The average Bonchev–Trinajstić information content (AvgIpc) is 3.73. The van der Waals surface area contributed by atoms with E-state index < -0.39 is 11.7 Å². The highest BCUT2D eigenvalue weighted by molar-refractivity contribution is 5.96. The summed E-state index contributed by atoms with van der Waals surface area (Å²) in [7, 11) is 2.13. The van der Waals surface area contributed by atoms with Gasteiger partial charge in [0, 0.05) is 59.8 Å². The molecule has 0 bridgehead atoms. The number of anilines is 1. The van der Waals surface area contributed by atoms with Crippen LogP contribution in [0.15, 0.2) is 43.0 Å². The van der Waals surface area contributed by atoms with E-state index in [9.17, 15) is 14.7 Å². The molecule has 0 aliphatic carbocycles. The minimum absolute atomic E-state index is 0.261. The fourth-order valence-corrected chi connectivity index (χ4v) is 6.78. The molecule has 0 unspecified atom stereocenters. The van der Waals surface area contributed by atoms with E-state index in [4.69, 9.17) is 14.5 Å². The summed E-state index contributed by atoms with van der Waals surface area (Å²) in [5, 5.41) is 14.6. The largest absolute Gasteiger partial charge is 0.464 e. The molecule has 3 aliphatic rings. The van der Waals surface area contributed by atoms with E-state index in [0.717, 1.165) is 72.3 Å². The van der Waals surface area contributed by atoms with Gasteiger partial charge in [0.25, 0.3) is 0 Å². The maximum atomic E-state index is 12.2. The minimum atomic E-state index is -1.13. The standard InChI is InChI=1S/C32H37N7O5/c1-20-5-4-8-37(20)26-12-22(11-24(13-26)32(18-43-19-32)44-21(2)40)28-15-33-30-29(35-28)27(17-38(30)31(41)42)23-14-34-39(16-23)25-6-9-36(3)10-7-25/h11-17,20,25H,4-10,18-19H2,1-3H3,(H,41,42)/t20-/m1/s1. The van der Waals surface area contributed by atoms with Gasteiger partial charge < -0.3 is 24.4 Å². The molecule has 6 heterocycles. The lowest BCUT2D eigenvalue weighted by molar-refractivity contribution is -0.216.